The lowest BCUT2D eigenvalue weighted by Gasteiger charge is -2.37. The fourth-order valence-electron chi connectivity index (χ4n) is 4.52. The summed E-state index contributed by atoms with van der Waals surface area (Å²) in [6.45, 7) is 4.73. The zero-order valence-electron chi connectivity index (χ0n) is 16.4. The van der Waals surface area contributed by atoms with Crippen molar-refractivity contribution in [2.45, 2.75) is 25.4 Å². The number of fused-ring (bicyclic) bond motifs is 3. The lowest BCUT2D eigenvalue weighted by Crippen LogP contribution is -2.50. The van der Waals surface area contributed by atoms with Gasteiger partial charge in [-0.05, 0) is 47.4 Å². The van der Waals surface area contributed by atoms with Crippen molar-refractivity contribution in [2.75, 3.05) is 36.4 Å². The molecule has 2 aliphatic rings. The van der Waals surface area contributed by atoms with Crippen molar-refractivity contribution in [3.05, 3.63) is 40.8 Å². The average molecular weight is 468 g/mol. The van der Waals surface area contributed by atoms with Gasteiger partial charge in [-0.2, -0.15) is 19.6 Å². The van der Waals surface area contributed by atoms with Crippen molar-refractivity contribution in [3.63, 3.8) is 0 Å². The SMILES string of the molecule is Brc1cnn2c(NCc3nc4ccccc4[nH]3)nc(N3CCN4CCC[C@@H]4C3)nc12. The van der Waals surface area contributed by atoms with E-state index in [1.807, 2.05) is 24.3 Å². The molecular formula is C20H22BrN9. The average Bonchev–Trinajstić information content (AvgIpc) is 3.49. The normalized spacial score (nSPS) is 19.6. The van der Waals surface area contributed by atoms with Gasteiger partial charge >= 0.3 is 0 Å². The first-order valence-electron chi connectivity index (χ1n) is 10.3. The number of aromatic amines is 1. The Morgan fingerprint density at radius 3 is 3.00 bits per heavy atom. The minimum Gasteiger partial charge on any atom is -0.347 e. The first-order chi connectivity index (χ1) is 14.7. The summed E-state index contributed by atoms with van der Waals surface area (Å²) in [5.74, 6) is 2.27. The van der Waals surface area contributed by atoms with Crippen LogP contribution in [0.2, 0.25) is 0 Å². The molecule has 0 aliphatic carbocycles. The number of aromatic nitrogens is 6. The van der Waals surface area contributed by atoms with E-state index < -0.39 is 0 Å². The van der Waals surface area contributed by atoms with Gasteiger partial charge < -0.3 is 15.2 Å². The highest BCUT2D eigenvalue weighted by atomic mass is 79.9. The molecule has 2 fully saturated rings. The number of hydrogen-bond donors (Lipinski definition) is 2. The monoisotopic (exact) mass is 467 g/mol. The molecule has 1 aromatic carbocycles. The minimum absolute atomic E-state index is 0.522. The van der Waals surface area contributed by atoms with E-state index in [9.17, 15) is 0 Å². The molecule has 6 rings (SSSR count). The van der Waals surface area contributed by atoms with Crippen molar-refractivity contribution < 1.29 is 0 Å². The van der Waals surface area contributed by atoms with Crippen LogP contribution in [0.3, 0.4) is 0 Å². The smallest absolute Gasteiger partial charge is 0.230 e. The van der Waals surface area contributed by atoms with E-state index >= 15 is 0 Å². The number of hydrogen-bond acceptors (Lipinski definition) is 7. The molecule has 0 spiro atoms. The third kappa shape index (κ3) is 3.10. The zero-order chi connectivity index (χ0) is 20.1. The summed E-state index contributed by atoms with van der Waals surface area (Å²) in [7, 11) is 0. The number of piperazine rings is 1. The van der Waals surface area contributed by atoms with Crippen LogP contribution in [-0.2, 0) is 6.54 Å². The van der Waals surface area contributed by atoms with Gasteiger partial charge in [0.1, 0.15) is 5.82 Å². The molecule has 3 aromatic heterocycles. The lowest BCUT2D eigenvalue weighted by molar-refractivity contribution is 0.229. The number of nitrogens with one attached hydrogen (secondary N) is 2. The summed E-state index contributed by atoms with van der Waals surface area (Å²) in [4.78, 5) is 22.5. The minimum atomic E-state index is 0.522. The van der Waals surface area contributed by atoms with Crippen molar-refractivity contribution in [2.24, 2.45) is 0 Å². The molecule has 154 valence electrons. The van der Waals surface area contributed by atoms with Gasteiger partial charge in [0.2, 0.25) is 11.9 Å². The van der Waals surface area contributed by atoms with Gasteiger partial charge in [-0.15, -0.1) is 0 Å². The Bertz CT molecular complexity index is 1180. The summed E-state index contributed by atoms with van der Waals surface area (Å²) in [5, 5.41) is 7.84. The van der Waals surface area contributed by atoms with Gasteiger partial charge in [-0.1, -0.05) is 12.1 Å². The molecule has 0 radical (unpaired) electrons. The molecule has 2 aliphatic heterocycles. The number of anilines is 2. The van der Waals surface area contributed by atoms with Crippen LogP contribution in [-0.4, -0.2) is 66.7 Å². The highest BCUT2D eigenvalue weighted by Gasteiger charge is 2.32. The number of H-pyrrole nitrogens is 1. The highest BCUT2D eigenvalue weighted by molar-refractivity contribution is 9.10. The molecule has 2 N–H and O–H groups in total. The largest absolute Gasteiger partial charge is 0.347 e. The summed E-state index contributed by atoms with van der Waals surface area (Å²) in [5.41, 5.74) is 2.75. The summed E-state index contributed by atoms with van der Waals surface area (Å²) < 4.78 is 2.60. The summed E-state index contributed by atoms with van der Waals surface area (Å²) in [6, 6.07) is 8.64. The van der Waals surface area contributed by atoms with Crippen LogP contribution in [0.25, 0.3) is 16.7 Å². The number of halogens is 1. The molecule has 10 heteroatoms. The van der Waals surface area contributed by atoms with E-state index in [1.165, 1.54) is 19.4 Å². The van der Waals surface area contributed by atoms with Gasteiger partial charge in [-0.25, -0.2) is 4.98 Å². The number of benzene rings is 1. The van der Waals surface area contributed by atoms with Gasteiger partial charge in [0.25, 0.3) is 0 Å². The second kappa shape index (κ2) is 7.21. The van der Waals surface area contributed by atoms with E-state index in [4.69, 9.17) is 9.97 Å². The Morgan fingerprint density at radius 1 is 1.13 bits per heavy atom. The van der Waals surface area contributed by atoms with Crippen LogP contribution < -0.4 is 10.2 Å². The quantitative estimate of drug-likeness (QED) is 0.476. The Morgan fingerprint density at radius 2 is 2.07 bits per heavy atom. The standard InChI is InChI=1S/C20H22BrN9/c21-14-10-23-30-18(14)26-20(29-9-8-28-7-3-4-13(28)12-29)27-19(30)22-11-17-24-15-5-1-2-6-16(15)25-17/h1-2,5-6,10,13H,3-4,7-9,11-12H2,(H,24,25)(H,22,26,27)/t13-/m1/s1. The third-order valence-electron chi connectivity index (χ3n) is 6.04. The van der Waals surface area contributed by atoms with Crippen LogP contribution >= 0.6 is 15.9 Å². The number of para-hydroxylation sites is 2. The topological polar surface area (TPSA) is 90.3 Å². The number of rotatable bonds is 4. The van der Waals surface area contributed by atoms with Crippen LogP contribution in [0.4, 0.5) is 11.9 Å². The van der Waals surface area contributed by atoms with E-state index in [0.29, 0.717) is 18.5 Å². The maximum atomic E-state index is 4.84. The molecule has 0 saturated carbocycles. The van der Waals surface area contributed by atoms with Crippen LogP contribution in [0.15, 0.2) is 34.9 Å². The molecule has 1 atom stereocenters. The van der Waals surface area contributed by atoms with Gasteiger partial charge in [-0.3, -0.25) is 4.90 Å². The second-order valence-electron chi connectivity index (χ2n) is 7.91. The molecule has 0 amide bonds. The van der Waals surface area contributed by atoms with Crippen LogP contribution in [0.1, 0.15) is 18.7 Å². The summed E-state index contributed by atoms with van der Waals surface area (Å²) in [6.07, 6.45) is 4.30. The molecule has 0 unspecified atom stereocenters. The molecule has 5 heterocycles. The predicted octanol–water partition coefficient (Wildman–Crippen LogP) is 2.66. The number of imidazole rings is 1. The molecule has 4 aromatic rings. The van der Waals surface area contributed by atoms with Gasteiger partial charge in [0.05, 0.1) is 28.2 Å². The third-order valence-corrected chi connectivity index (χ3v) is 6.60. The first kappa shape index (κ1) is 18.1. The van der Waals surface area contributed by atoms with Gasteiger partial charge in [0, 0.05) is 25.7 Å². The fourth-order valence-corrected chi connectivity index (χ4v) is 4.87. The van der Waals surface area contributed by atoms with Crippen LogP contribution in [0.5, 0.6) is 0 Å². The predicted molar refractivity (Wildman–Crippen MR) is 119 cm³/mol. The van der Waals surface area contributed by atoms with E-state index in [-0.39, 0.29) is 0 Å². The molecular weight excluding hydrogens is 446 g/mol. The first-order valence-corrected chi connectivity index (χ1v) is 11.1. The van der Waals surface area contributed by atoms with E-state index in [2.05, 4.69) is 46.1 Å². The Balaban J connectivity index is 1.30. The molecule has 9 nitrogen and oxygen atoms in total. The van der Waals surface area contributed by atoms with Crippen molar-refractivity contribution in [1.82, 2.24) is 34.4 Å². The van der Waals surface area contributed by atoms with Gasteiger partial charge in [0.15, 0.2) is 5.65 Å². The van der Waals surface area contributed by atoms with E-state index in [1.54, 1.807) is 10.7 Å². The number of nitrogens with zero attached hydrogens (tertiary/aromatic N) is 7. The fraction of sp³-hybridized carbons (Fsp3) is 0.400. The van der Waals surface area contributed by atoms with Crippen LogP contribution in [0, 0.1) is 0 Å². The molecule has 30 heavy (non-hydrogen) atoms. The lowest BCUT2D eigenvalue weighted by atomic mass is 10.2. The zero-order valence-corrected chi connectivity index (χ0v) is 18.0. The molecule has 0 bridgehead atoms. The van der Waals surface area contributed by atoms with Crippen molar-refractivity contribution in [1.29, 1.82) is 0 Å². The van der Waals surface area contributed by atoms with Crippen molar-refractivity contribution >= 4 is 44.5 Å². The highest BCUT2D eigenvalue weighted by Crippen LogP contribution is 2.26. The van der Waals surface area contributed by atoms with Crippen molar-refractivity contribution in [3.8, 4) is 0 Å². The summed E-state index contributed by atoms with van der Waals surface area (Å²) >= 11 is 3.58. The maximum Gasteiger partial charge on any atom is 0.230 e. The second-order valence-corrected chi connectivity index (χ2v) is 8.76. The maximum absolute atomic E-state index is 4.84. The Labute approximate surface area is 181 Å². The Kier molecular flexibility index (Phi) is 4.34. The Hall–Kier alpha value is -2.72. The molecule has 2 saturated heterocycles. The van der Waals surface area contributed by atoms with E-state index in [0.717, 1.165) is 52.6 Å².